The summed E-state index contributed by atoms with van der Waals surface area (Å²) < 4.78 is 2.25. The van der Waals surface area contributed by atoms with Crippen LogP contribution in [0.2, 0.25) is 0 Å². The van der Waals surface area contributed by atoms with E-state index in [-0.39, 0.29) is 12.3 Å². The van der Waals surface area contributed by atoms with Gasteiger partial charge in [0.15, 0.2) is 5.78 Å². The number of aliphatic carboxylic acids is 1. The van der Waals surface area contributed by atoms with Gasteiger partial charge in [-0.1, -0.05) is 19.4 Å². The fourth-order valence-corrected chi connectivity index (χ4v) is 4.72. The first-order valence-corrected chi connectivity index (χ1v) is 10.6. The molecule has 6 nitrogen and oxygen atoms in total. The maximum absolute atomic E-state index is 12.7. The first-order valence-electron chi connectivity index (χ1n) is 10.6. The zero-order valence-electron chi connectivity index (χ0n) is 17.2. The lowest BCUT2D eigenvalue weighted by atomic mass is 9.82. The molecule has 1 saturated heterocycles. The lowest BCUT2D eigenvalue weighted by Crippen LogP contribution is -2.40. The quantitative estimate of drug-likeness (QED) is 0.789. The van der Waals surface area contributed by atoms with Gasteiger partial charge in [-0.2, -0.15) is 0 Å². The van der Waals surface area contributed by atoms with E-state index in [1.54, 1.807) is 0 Å². The molecule has 1 aromatic carbocycles. The topological polar surface area (TPSA) is 74.9 Å². The number of hydrogen-bond acceptors (Lipinski definition) is 4. The number of likely N-dealkylation sites (tertiary alicyclic amines) is 1. The van der Waals surface area contributed by atoms with Gasteiger partial charge in [0.05, 0.1) is 18.2 Å². The molecule has 29 heavy (non-hydrogen) atoms. The Bertz CT molecular complexity index is 969. The van der Waals surface area contributed by atoms with E-state index in [1.165, 1.54) is 30.5 Å². The van der Waals surface area contributed by atoms with Crippen molar-refractivity contribution >= 4 is 28.4 Å². The molecule has 0 amide bonds. The highest BCUT2D eigenvalue weighted by atomic mass is 16.4. The molecular weight excluding hydrogens is 366 g/mol. The first kappa shape index (κ1) is 19.8. The van der Waals surface area contributed by atoms with Crippen molar-refractivity contribution in [3.63, 3.8) is 0 Å². The molecular formula is C23H29N3O3. The van der Waals surface area contributed by atoms with Gasteiger partial charge in [0.25, 0.3) is 0 Å². The summed E-state index contributed by atoms with van der Waals surface area (Å²) in [6, 6.07) is 8.45. The Hall–Kier alpha value is -2.47. The predicted octanol–water partition coefficient (Wildman–Crippen LogP) is 3.26. The van der Waals surface area contributed by atoms with Gasteiger partial charge in [0.1, 0.15) is 5.92 Å². The van der Waals surface area contributed by atoms with Crippen LogP contribution in [0.5, 0.6) is 0 Å². The molecule has 0 radical (unpaired) electrons. The minimum Gasteiger partial charge on any atom is -0.481 e. The molecule has 0 aliphatic carbocycles. The Kier molecular flexibility index (Phi) is 5.54. The van der Waals surface area contributed by atoms with Gasteiger partial charge < -0.3 is 9.67 Å². The normalized spacial score (nSPS) is 23.4. The van der Waals surface area contributed by atoms with Crippen molar-refractivity contribution < 1.29 is 14.7 Å². The average molecular weight is 396 g/mol. The largest absolute Gasteiger partial charge is 0.481 e. The van der Waals surface area contributed by atoms with Gasteiger partial charge in [-0.15, -0.1) is 0 Å². The lowest BCUT2D eigenvalue weighted by molar-refractivity contribution is -0.146. The van der Waals surface area contributed by atoms with E-state index in [1.807, 2.05) is 13.0 Å². The second kappa shape index (κ2) is 8.11. The number of nitrogens with zero attached hydrogens (tertiary/aromatic N) is 3. The maximum atomic E-state index is 12.7. The van der Waals surface area contributed by atoms with E-state index in [0.717, 1.165) is 36.3 Å². The Labute approximate surface area is 171 Å². The molecule has 1 fully saturated rings. The van der Waals surface area contributed by atoms with Crippen molar-refractivity contribution in [2.75, 3.05) is 19.6 Å². The van der Waals surface area contributed by atoms with Crippen LogP contribution in [0.3, 0.4) is 0 Å². The van der Waals surface area contributed by atoms with E-state index in [4.69, 9.17) is 0 Å². The molecule has 154 valence electrons. The van der Waals surface area contributed by atoms with Gasteiger partial charge in [0.2, 0.25) is 0 Å². The fraction of sp³-hybridized carbons (Fsp3) is 0.522. The highest BCUT2D eigenvalue weighted by molar-refractivity contribution is 6.19. The minimum atomic E-state index is -1.07. The van der Waals surface area contributed by atoms with Crippen molar-refractivity contribution in [1.29, 1.82) is 0 Å². The van der Waals surface area contributed by atoms with E-state index < -0.39 is 17.8 Å². The summed E-state index contributed by atoms with van der Waals surface area (Å²) in [6.07, 6.45) is 4.45. The monoisotopic (exact) mass is 395 g/mol. The summed E-state index contributed by atoms with van der Waals surface area (Å²) in [6.45, 7) is 5.23. The molecule has 2 aliphatic heterocycles. The number of piperidine rings is 1. The van der Waals surface area contributed by atoms with Crippen molar-refractivity contribution in [3.8, 4) is 0 Å². The average Bonchev–Trinajstić information content (AvgIpc) is 3.03. The molecule has 4 rings (SSSR count). The van der Waals surface area contributed by atoms with Crippen LogP contribution in [-0.2, 0) is 23.2 Å². The number of carboxylic acid groups (broad SMARTS) is 1. The van der Waals surface area contributed by atoms with Crippen LogP contribution in [0.4, 0.5) is 0 Å². The van der Waals surface area contributed by atoms with Gasteiger partial charge in [-0.3, -0.25) is 19.5 Å². The second-order valence-electron chi connectivity index (χ2n) is 8.29. The summed E-state index contributed by atoms with van der Waals surface area (Å²) in [4.78, 5) is 31.1. The summed E-state index contributed by atoms with van der Waals surface area (Å²) in [5.74, 6) is -2.75. The third-order valence-electron chi connectivity index (χ3n) is 6.44. The van der Waals surface area contributed by atoms with Crippen molar-refractivity contribution in [2.24, 2.45) is 23.9 Å². The number of aliphatic imine (C=N–C) groups is 1. The highest BCUT2D eigenvalue weighted by Gasteiger charge is 2.38. The third-order valence-corrected chi connectivity index (χ3v) is 6.44. The molecule has 1 N–H and O–H groups in total. The SMILES string of the molecule is CCC1C(=O)C(C(=O)O)CN=C1c1ccc2c(c1)cc(CN1CCCCC1)n2C. The molecule has 0 bridgehead atoms. The zero-order valence-corrected chi connectivity index (χ0v) is 17.2. The summed E-state index contributed by atoms with van der Waals surface area (Å²) in [7, 11) is 2.11. The highest BCUT2D eigenvalue weighted by Crippen LogP contribution is 2.28. The maximum Gasteiger partial charge on any atom is 0.315 e. The van der Waals surface area contributed by atoms with Crippen LogP contribution in [0.15, 0.2) is 29.3 Å². The molecule has 6 heteroatoms. The van der Waals surface area contributed by atoms with Crippen LogP contribution < -0.4 is 0 Å². The Morgan fingerprint density at radius 2 is 1.97 bits per heavy atom. The molecule has 2 atom stereocenters. The van der Waals surface area contributed by atoms with Crippen molar-refractivity contribution in [3.05, 3.63) is 35.5 Å². The number of fused-ring (bicyclic) bond motifs is 1. The van der Waals surface area contributed by atoms with Gasteiger partial charge >= 0.3 is 5.97 Å². The van der Waals surface area contributed by atoms with E-state index >= 15 is 0 Å². The summed E-state index contributed by atoms with van der Waals surface area (Å²) >= 11 is 0. The minimum absolute atomic E-state index is 0.0348. The van der Waals surface area contributed by atoms with E-state index in [9.17, 15) is 14.7 Å². The Balaban J connectivity index is 1.65. The van der Waals surface area contributed by atoms with E-state index in [2.05, 4.69) is 39.7 Å². The number of carbonyl (C=O) groups is 2. The van der Waals surface area contributed by atoms with Crippen molar-refractivity contribution in [2.45, 2.75) is 39.2 Å². The second-order valence-corrected chi connectivity index (χ2v) is 8.29. The standard InChI is InChI=1S/C23H29N3O3/c1-3-18-21(24-13-19(22(18)27)23(28)29)15-7-8-20-16(11-15)12-17(25(20)2)14-26-9-5-4-6-10-26/h7-8,11-12,18-19H,3-6,9-10,13-14H2,1-2H3,(H,28,29). The fourth-order valence-electron chi connectivity index (χ4n) is 4.72. The molecule has 2 unspecified atom stereocenters. The van der Waals surface area contributed by atoms with Gasteiger partial charge in [-0.25, -0.2) is 0 Å². The van der Waals surface area contributed by atoms with Crippen LogP contribution in [0.1, 0.15) is 43.9 Å². The molecule has 0 saturated carbocycles. The molecule has 2 aromatic rings. The number of rotatable bonds is 5. The lowest BCUT2D eigenvalue weighted by Gasteiger charge is -2.26. The number of benzene rings is 1. The first-order chi connectivity index (χ1) is 14.0. The van der Waals surface area contributed by atoms with Crippen LogP contribution in [0.25, 0.3) is 10.9 Å². The van der Waals surface area contributed by atoms with Gasteiger partial charge in [-0.05, 0) is 56.1 Å². The summed E-state index contributed by atoms with van der Waals surface area (Å²) in [5, 5.41) is 10.4. The smallest absolute Gasteiger partial charge is 0.315 e. The van der Waals surface area contributed by atoms with Crippen LogP contribution >= 0.6 is 0 Å². The predicted molar refractivity (Wildman–Crippen MR) is 113 cm³/mol. The van der Waals surface area contributed by atoms with Crippen LogP contribution in [-0.4, -0.2) is 51.7 Å². The number of hydrogen-bond donors (Lipinski definition) is 1. The zero-order chi connectivity index (χ0) is 20.5. The number of carboxylic acids is 1. The number of Topliss-reactive ketones (excluding diaryl/α,β-unsaturated/α-hetero) is 1. The molecule has 1 aromatic heterocycles. The number of carbonyl (C=O) groups excluding carboxylic acids is 1. The summed E-state index contributed by atoms with van der Waals surface area (Å²) in [5.41, 5.74) is 4.12. The van der Waals surface area contributed by atoms with Crippen LogP contribution in [0, 0.1) is 11.8 Å². The Morgan fingerprint density at radius 3 is 2.66 bits per heavy atom. The van der Waals surface area contributed by atoms with Gasteiger partial charge in [0, 0.05) is 30.2 Å². The molecule has 3 heterocycles. The number of aryl methyl sites for hydroxylation is 1. The number of aromatic nitrogens is 1. The Morgan fingerprint density at radius 1 is 1.21 bits per heavy atom. The number of ketones is 1. The van der Waals surface area contributed by atoms with E-state index in [0.29, 0.717) is 6.42 Å². The molecule has 0 spiro atoms. The third kappa shape index (κ3) is 3.73. The molecule has 2 aliphatic rings. The van der Waals surface area contributed by atoms with Crippen molar-refractivity contribution in [1.82, 2.24) is 9.47 Å².